The second kappa shape index (κ2) is 7.49. The summed E-state index contributed by atoms with van der Waals surface area (Å²) in [6.07, 6.45) is 6.45. The lowest BCUT2D eigenvalue weighted by Crippen LogP contribution is -2.37. The number of nitrogens with zero attached hydrogens (tertiary/aromatic N) is 2. The van der Waals surface area contributed by atoms with Gasteiger partial charge in [-0.25, -0.2) is 0 Å². The Morgan fingerprint density at radius 1 is 1.42 bits per heavy atom. The van der Waals surface area contributed by atoms with Crippen molar-refractivity contribution in [3.05, 3.63) is 41.2 Å². The number of carbonyl (C=O) groups is 1. The molecule has 0 bridgehead atoms. The van der Waals surface area contributed by atoms with E-state index in [1.165, 1.54) is 6.42 Å². The average molecular weight is 356 g/mol. The first kappa shape index (κ1) is 17.7. The van der Waals surface area contributed by atoms with Crippen LogP contribution in [-0.4, -0.2) is 48.7 Å². The highest BCUT2D eigenvalue weighted by atomic mass is 16.5. The molecule has 0 N–H and O–H groups in total. The van der Waals surface area contributed by atoms with Crippen molar-refractivity contribution < 1.29 is 14.3 Å². The summed E-state index contributed by atoms with van der Waals surface area (Å²) in [6, 6.07) is 5.99. The molecule has 1 amide bonds. The predicted molar refractivity (Wildman–Crippen MR) is 98.5 cm³/mol. The fraction of sp³-hybridized carbons (Fsp3) is 0.619. The molecule has 4 rings (SSSR count). The van der Waals surface area contributed by atoms with Gasteiger partial charge < -0.3 is 14.4 Å². The number of likely N-dealkylation sites (tertiary alicyclic amines) is 1. The zero-order valence-electron chi connectivity index (χ0n) is 15.6. The van der Waals surface area contributed by atoms with Crippen LogP contribution in [0.3, 0.4) is 0 Å². The summed E-state index contributed by atoms with van der Waals surface area (Å²) in [7, 11) is 0. The van der Waals surface area contributed by atoms with Crippen LogP contribution < -0.4 is 0 Å². The Bertz CT molecular complexity index is 702. The lowest BCUT2D eigenvalue weighted by Gasteiger charge is -2.27. The number of allylic oxidation sites excluding steroid dienone is 1. The first-order chi connectivity index (χ1) is 12.7. The van der Waals surface area contributed by atoms with Gasteiger partial charge in [0.05, 0.1) is 32.1 Å². The highest BCUT2D eigenvalue weighted by Crippen LogP contribution is 2.42. The zero-order valence-corrected chi connectivity index (χ0v) is 15.6. The SMILES string of the molecule is Cc1cccc(COC[C@@]23COC[C@@H]2CN(C(=O)C2=CCCCC2)C3)n1. The molecular formula is C21H28N2O3. The third-order valence-corrected chi connectivity index (χ3v) is 5.96. The maximum Gasteiger partial charge on any atom is 0.249 e. The number of hydrogen-bond donors (Lipinski definition) is 0. The third kappa shape index (κ3) is 3.55. The van der Waals surface area contributed by atoms with E-state index in [9.17, 15) is 4.79 Å². The summed E-state index contributed by atoms with van der Waals surface area (Å²) in [5, 5.41) is 0. The Balaban J connectivity index is 1.38. The number of hydrogen-bond acceptors (Lipinski definition) is 4. The predicted octanol–water partition coefficient (Wildman–Crippen LogP) is 2.88. The molecule has 0 aromatic carbocycles. The summed E-state index contributed by atoms with van der Waals surface area (Å²) in [6.45, 7) is 6.07. The Morgan fingerprint density at radius 3 is 3.15 bits per heavy atom. The van der Waals surface area contributed by atoms with Crippen LogP contribution in [0, 0.1) is 18.3 Å². The van der Waals surface area contributed by atoms with E-state index >= 15 is 0 Å². The zero-order chi connectivity index (χ0) is 18.0. The molecule has 1 aromatic rings. The van der Waals surface area contributed by atoms with Crippen LogP contribution in [0.25, 0.3) is 0 Å². The van der Waals surface area contributed by atoms with Crippen molar-refractivity contribution in [3.8, 4) is 0 Å². The highest BCUT2D eigenvalue weighted by molar-refractivity contribution is 5.93. The Kier molecular flexibility index (Phi) is 5.09. The molecule has 5 heteroatoms. The van der Waals surface area contributed by atoms with Crippen LogP contribution in [0.15, 0.2) is 29.8 Å². The molecule has 0 saturated carbocycles. The van der Waals surface area contributed by atoms with Gasteiger partial charge in [0.25, 0.3) is 0 Å². The molecule has 140 valence electrons. The second-order valence-electron chi connectivity index (χ2n) is 8.00. The van der Waals surface area contributed by atoms with Crippen LogP contribution >= 0.6 is 0 Å². The standard InChI is InChI=1S/C21H28N2O3/c1-16-6-5-9-19(22-16)12-26-15-21-13-23(10-18(21)11-25-14-21)20(24)17-7-3-2-4-8-17/h5-7,9,18H,2-4,8,10-15H2,1H3/t18-,21+/m0/s1. The monoisotopic (exact) mass is 356 g/mol. The van der Waals surface area contributed by atoms with Crippen LogP contribution in [0.1, 0.15) is 37.1 Å². The molecular weight excluding hydrogens is 328 g/mol. The Hall–Kier alpha value is -1.72. The molecule has 0 unspecified atom stereocenters. The fourth-order valence-electron chi connectivity index (χ4n) is 4.46. The van der Waals surface area contributed by atoms with E-state index < -0.39 is 0 Å². The number of aryl methyl sites for hydroxylation is 1. The molecule has 2 fully saturated rings. The van der Waals surface area contributed by atoms with Crippen LogP contribution in [0.2, 0.25) is 0 Å². The molecule has 3 heterocycles. The highest BCUT2D eigenvalue weighted by Gasteiger charge is 2.52. The molecule has 5 nitrogen and oxygen atoms in total. The van der Waals surface area contributed by atoms with Gasteiger partial charge in [-0.2, -0.15) is 0 Å². The molecule has 1 aliphatic carbocycles. The minimum atomic E-state index is -0.0608. The maximum atomic E-state index is 12.9. The van der Waals surface area contributed by atoms with E-state index in [1.807, 2.05) is 30.0 Å². The van der Waals surface area contributed by atoms with Crippen molar-refractivity contribution in [1.82, 2.24) is 9.88 Å². The second-order valence-corrected chi connectivity index (χ2v) is 8.00. The molecule has 26 heavy (non-hydrogen) atoms. The summed E-state index contributed by atoms with van der Waals surface area (Å²) < 4.78 is 11.8. The quantitative estimate of drug-likeness (QED) is 0.814. The molecule has 1 aromatic heterocycles. The summed E-state index contributed by atoms with van der Waals surface area (Å²) in [5.74, 6) is 0.611. The first-order valence-corrected chi connectivity index (χ1v) is 9.73. The number of aromatic nitrogens is 1. The minimum Gasteiger partial charge on any atom is -0.380 e. The van der Waals surface area contributed by atoms with Gasteiger partial charge in [-0.05, 0) is 44.7 Å². The normalized spacial score (nSPS) is 28.1. The molecule has 0 radical (unpaired) electrons. The Labute approximate surface area is 155 Å². The van der Waals surface area contributed by atoms with E-state index in [-0.39, 0.29) is 11.3 Å². The van der Waals surface area contributed by atoms with Crippen LogP contribution in [-0.2, 0) is 20.9 Å². The number of carbonyl (C=O) groups excluding carboxylic acids is 1. The third-order valence-electron chi connectivity index (χ3n) is 5.96. The van der Waals surface area contributed by atoms with E-state index in [0.29, 0.717) is 25.7 Å². The lowest BCUT2D eigenvalue weighted by atomic mass is 9.82. The summed E-state index contributed by atoms with van der Waals surface area (Å²) in [5.41, 5.74) is 2.91. The van der Waals surface area contributed by atoms with Crippen molar-refractivity contribution in [2.24, 2.45) is 11.3 Å². The van der Waals surface area contributed by atoms with Crippen molar-refractivity contribution in [1.29, 1.82) is 0 Å². The fourth-order valence-corrected chi connectivity index (χ4v) is 4.46. The molecule has 2 aliphatic heterocycles. The van der Waals surface area contributed by atoms with Gasteiger partial charge in [-0.1, -0.05) is 12.1 Å². The largest absolute Gasteiger partial charge is 0.380 e. The van der Waals surface area contributed by atoms with Gasteiger partial charge in [0, 0.05) is 35.7 Å². The number of ether oxygens (including phenoxy) is 2. The van der Waals surface area contributed by atoms with Crippen molar-refractivity contribution in [3.63, 3.8) is 0 Å². The minimum absolute atomic E-state index is 0.0608. The molecule has 0 spiro atoms. The van der Waals surface area contributed by atoms with Gasteiger partial charge in [-0.15, -0.1) is 0 Å². The van der Waals surface area contributed by atoms with Crippen LogP contribution in [0.5, 0.6) is 0 Å². The van der Waals surface area contributed by atoms with Gasteiger partial charge >= 0.3 is 0 Å². The molecule has 2 saturated heterocycles. The summed E-state index contributed by atoms with van der Waals surface area (Å²) >= 11 is 0. The number of rotatable bonds is 5. The number of fused-ring (bicyclic) bond motifs is 1. The van der Waals surface area contributed by atoms with E-state index in [4.69, 9.17) is 9.47 Å². The summed E-state index contributed by atoms with van der Waals surface area (Å²) in [4.78, 5) is 19.4. The molecule has 3 aliphatic rings. The van der Waals surface area contributed by atoms with Gasteiger partial charge in [0.15, 0.2) is 0 Å². The van der Waals surface area contributed by atoms with Crippen molar-refractivity contribution in [2.45, 2.75) is 39.2 Å². The average Bonchev–Trinajstić information content (AvgIpc) is 3.19. The van der Waals surface area contributed by atoms with Gasteiger partial charge in [-0.3, -0.25) is 9.78 Å². The number of amides is 1. The van der Waals surface area contributed by atoms with E-state index in [1.54, 1.807) is 0 Å². The first-order valence-electron chi connectivity index (χ1n) is 9.73. The lowest BCUT2D eigenvalue weighted by molar-refractivity contribution is -0.127. The molecule has 2 atom stereocenters. The van der Waals surface area contributed by atoms with Gasteiger partial charge in [0.2, 0.25) is 5.91 Å². The number of pyridine rings is 1. The Morgan fingerprint density at radius 2 is 2.35 bits per heavy atom. The smallest absolute Gasteiger partial charge is 0.249 e. The van der Waals surface area contributed by atoms with Crippen LogP contribution in [0.4, 0.5) is 0 Å². The van der Waals surface area contributed by atoms with E-state index in [2.05, 4.69) is 11.1 Å². The maximum absolute atomic E-state index is 12.9. The van der Waals surface area contributed by atoms with Crippen molar-refractivity contribution >= 4 is 5.91 Å². The topological polar surface area (TPSA) is 51.7 Å². The van der Waals surface area contributed by atoms with Crippen molar-refractivity contribution in [2.75, 3.05) is 32.9 Å². The van der Waals surface area contributed by atoms with E-state index in [0.717, 1.165) is 55.9 Å². The van der Waals surface area contributed by atoms with Gasteiger partial charge in [0.1, 0.15) is 0 Å².